The molecule has 0 bridgehead atoms. The molecule has 1 unspecified atom stereocenters. The summed E-state index contributed by atoms with van der Waals surface area (Å²) in [6.45, 7) is 1.59. The Labute approximate surface area is 165 Å². The minimum atomic E-state index is -1.36. The van der Waals surface area contributed by atoms with Crippen LogP contribution in [-0.4, -0.2) is 17.5 Å². The number of fused-ring (bicyclic) bond motifs is 2. The monoisotopic (exact) mass is 400 g/mol. The maximum Gasteiger partial charge on any atom is 0.339 e. The number of anilines is 1. The SMILES string of the molecule is CC1(C(=O)Nc2sc3c(c2C#N)CCCC3)Cc2cc(Cl)ccc2C(=O)O1. The van der Waals surface area contributed by atoms with Crippen molar-refractivity contribution in [1.29, 1.82) is 5.26 Å². The van der Waals surface area contributed by atoms with Gasteiger partial charge in [0.1, 0.15) is 11.1 Å². The molecule has 1 atom stereocenters. The topological polar surface area (TPSA) is 79.2 Å². The molecule has 4 rings (SSSR count). The van der Waals surface area contributed by atoms with Crippen LogP contribution in [0.3, 0.4) is 0 Å². The molecule has 1 amide bonds. The number of hydrogen-bond donors (Lipinski definition) is 1. The van der Waals surface area contributed by atoms with Gasteiger partial charge in [0.2, 0.25) is 0 Å². The summed E-state index contributed by atoms with van der Waals surface area (Å²) in [7, 11) is 0. The van der Waals surface area contributed by atoms with Crippen LogP contribution in [0.5, 0.6) is 0 Å². The van der Waals surface area contributed by atoms with Crippen LogP contribution in [0.2, 0.25) is 5.02 Å². The number of nitriles is 1. The summed E-state index contributed by atoms with van der Waals surface area (Å²) in [5.74, 6) is -0.979. The average Bonchev–Trinajstić information content (AvgIpc) is 2.98. The summed E-state index contributed by atoms with van der Waals surface area (Å²) in [6.07, 6.45) is 4.18. The number of ether oxygens (including phenoxy) is 1. The third kappa shape index (κ3) is 3.11. The number of nitrogens with one attached hydrogen (secondary N) is 1. The predicted molar refractivity (Wildman–Crippen MR) is 103 cm³/mol. The first-order valence-corrected chi connectivity index (χ1v) is 9.98. The first kappa shape index (κ1) is 18.0. The van der Waals surface area contributed by atoms with Crippen molar-refractivity contribution in [3.05, 3.63) is 50.4 Å². The minimum absolute atomic E-state index is 0.230. The highest BCUT2D eigenvalue weighted by Gasteiger charge is 2.43. The van der Waals surface area contributed by atoms with Gasteiger partial charge in [-0.2, -0.15) is 5.26 Å². The molecule has 138 valence electrons. The fraction of sp³-hybridized carbons (Fsp3) is 0.350. The number of nitrogens with zero attached hydrogens (tertiary/aromatic N) is 1. The van der Waals surface area contributed by atoms with E-state index in [1.807, 2.05) is 0 Å². The zero-order chi connectivity index (χ0) is 19.2. The normalized spacial score (nSPS) is 20.9. The van der Waals surface area contributed by atoms with Crippen molar-refractivity contribution in [2.45, 2.75) is 44.6 Å². The number of esters is 1. The van der Waals surface area contributed by atoms with Crippen molar-refractivity contribution < 1.29 is 14.3 Å². The molecule has 0 spiro atoms. The highest BCUT2D eigenvalue weighted by atomic mass is 35.5. The molecule has 2 aliphatic rings. The lowest BCUT2D eigenvalue weighted by Gasteiger charge is -2.33. The number of thiophene rings is 1. The van der Waals surface area contributed by atoms with E-state index < -0.39 is 17.5 Å². The van der Waals surface area contributed by atoms with E-state index in [0.717, 1.165) is 36.1 Å². The molecule has 1 aromatic carbocycles. The predicted octanol–water partition coefficient (Wildman–Crippen LogP) is 4.26. The van der Waals surface area contributed by atoms with Gasteiger partial charge in [-0.05, 0) is 61.9 Å². The zero-order valence-corrected chi connectivity index (χ0v) is 16.3. The fourth-order valence-electron chi connectivity index (χ4n) is 3.70. The molecule has 2 aromatic rings. The van der Waals surface area contributed by atoms with Gasteiger partial charge in [0.15, 0.2) is 5.60 Å². The molecule has 1 N–H and O–H groups in total. The van der Waals surface area contributed by atoms with Crippen LogP contribution in [0.4, 0.5) is 5.00 Å². The Morgan fingerprint density at radius 2 is 2.15 bits per heavy atom. The third-order valence-corrected chi connectivity index (χ3v) is 6.57. The first-order valence-electron chi connectivity index (χ1n) is 8.79. The molecular weight excluding hydrogens is 384 g/mol. The quantitative estimate of drug-likeness (QED) is 0.764. The first-order chi connectivity index (χ1) is 12.9. The average molecular weight is 401 g/mol. The van der Waals surface area contributed by atoms with Crippen LogP contribution in [-0.2, 0) is 28.8 Å². The van der Waals surface area contributed by atoms with Crippen LogP contribution < -0.4 is 5.32 Å². The van der Waals surface area contributed by atoms with Crippen LogP contribution in [0.1, 0.15) is 51.7 Å². The van der Waals surface area contributed by atoms with Crippen LogP contribution in [0.15, 0.2) is 18.2 Å². The van der Waals surface area contributed by atoms with E-state index in [-0.39, 0.29) is 6.42 Å². The van der Waals surface area contributed by atoms with Crippen molar-refractivity contribution in [2.24, 2.45) is 0 Å². The summed E-state index contributed by atoms with van der Waals surface area (Å²) in [4.78, 5) is 26.5. The van der Waals surface area contributed by atoms with E-state index in [1.54, 1.807) is 25.1 Å². The summed E-state index contributed by atoms with van der Waals surface area (Å²) in [5.41, 5.74) is 1.34. The lowest BCUT2D eigenvalue weighted by Crippen LogP contribution is -2.48. The second-order valence-electron chi connectivity index (χ2n) is 7.08. The van der Waals surface area contributed by atoms with Crippen LogP contribution in [0, 0.1) is 11.3 Å². The van der Waals surface area contributed by atoms with Crippen molar-refractivity contribution in [1.82, 2.24) is 0 Å². The van der Waals surface area contributed by atoms with Gasteiger partial charge in [-0.3, -0.25) is 4.79 Å². The summed E-state index contributed by atoms with van der Waals surface area (Å²) < 4.78 is 5.48. The fourth-order valence-corrected chi connectivity index (χ4v) is 5.13. The molecule has 27 heavy (non-hydrogen) atoms. The molecule has 0 saturated heterocycles. The Morgan fingerprint density at radius 3 is 2.93 bits per heavy atom. The lowest BCUT2D eigenvalue weighted by atomic mass is 9.89. The van der Waals surface area contributed by atoms with E-state index in [9.17, 15) is 14.9 Å². The van der Waals surface area contributed by atoms with Gasteiger partial charge in [-0.1, -0.05) is 11.6 Å². The Morgan fingerprint density at radius 1 is 1.37 bits per heavy atom. The molecule has 2 heterocycles. The Bertz CT molecular complexity index is 1010. The molecule has 0 radical (unpaired) electrons. The van der Waals surface area contributed by atoms with Gasteiger partial charge < -0.3 is 10.1 Å². The van der Waals surface area contributed by atoms with Gasteiger partial charge in [0, 0.05) is 16.3 Å². The van der Waals surface area contributed by atoms with Crippen molar-refractivity contribution in [3.63, 3.8) is 0 Å². The molecule has 1 aliphatic heterocycles. The van der Waals surface area contributed by atoms with Gasteiger partial charge in [-0.15, -0.1) is 11.3 Å². The molecule has 1 aliphatic carbocycles. The van der Waals surface area contributed by atoms with E-state index in [2.05, 4.69) is 11.4 Å². The second kappa shape index (κ2) is 6.66. The summed E-state index contributed by atoms with van der Waals surface area (Å²) >= 11 is 7.49. The maximum atomic E-state index is 13.0. The minimum Gasteiger partial charge on any atom is -0.445 e. The molecular formula is C20H17ClN2O3S. The number of amides is 1. The largest absolute Gasteiger partial charge is 0.445 e. The number of benzene rings is 1. The Hall–Kier alpha value is -2.36. The highest BCUT2D eigenvalue weighted by Crippen LogP contribution is 2.39. The van der Waals surface area contributed by atoms with Gasteiger partial charge in [0.25, 0.3) is 5.91 Å². The maximum absolute atomic E-state index is 13.0. The van der Waals surface area contributed by atoms with E-state index >= 15 is 0 Å². The van der Waals surface area contributed by atoms with E-state index in [1.165, 1.54) is 11.3 Å². The van der Waals surface area contributed by atoms with Crippen molar-refractivity contribution in [2.75, 3.05) is 5.32 Å². The highest BCUT2D eigenvalue weighted by molar-refractivity contribution is 7.16. The summed E-state index contributed by atoms with van der Waals surface area (Å²) in [5, 5.41) is 13.4. The van der Waals surface area contributed by atoms with Crippen LogP contribution in [0.25, 0.3) is 0 Å². The number of halogens is 1. The standard InChI is InChI=1S/C20H17ClN2O3S/c1-20(9-11-8-12(21)6-7-13(11)18(24)26-20)19(25)23-17-15(10-22)14-4-2-3-5-16(14)27-17/h6-8H,2-5,9H2,1H3,(H,23,25). The number of cyclic esters (lactones) is 1. The number of rotatable bonds is 2. The number of hydrogen-bond acceptors (Lipinski definition) is 5. The van der Waals surface area contributed by atoms with E-state index in [0.29, 0.717) is 26.7 Å². The second-order valence-corrected chi connectivity index (χ2v) is 8.62. The van der Waals surface area contributed by atoms with Crippen LogP contribution >= 0.6 is 22.9 Å². The molecule has 5 nitrogen and oxygen atoms in total. The Balaban J connectivity index is 1.63. The number of aryl methyl sites for hydroxylation is 1. The van der Waals surface area contributed by atoms with Crippen molar-refractivity contribution in [3.8, 4) is 6.07 Å². The molecule has 1 aromatic heterocycles. The number of carbonyl (C=O) groups excluding carboxylic acids is 2. The smallest absolute Gasteiger partial charge is 0.339 e. The lowest BCUT2D eigenvalue weighted by molar-refractivity contribution is -0.134. The summed E-state index contributed by atoms with van der Waals surface area (Å²) in [6, 6.07) is 7.15. The third-order valence-electron chi connectivity index (χ3n) is 5.12. The molecule has 7 heteroatoms. The Kier molecular flexibility index (Phi) is 4.45. The van der Waals surface area contributed by atoms with Crippen molar-refractivity contribution >= 4 is 39.8 Å². The van der Waals surface area contributed by atoms with Gasteiger partial charge in [0.05, 0.1) is 11.1 Å². The number of carbonyl (C=O) groups is 2. The van der Waals surface area contributed by atoms with Gasteiger partial charge >= 0.3 is 5.97 Å². The van der Waals surface area contributed by atoms with Gasteiger partial charge in [-0.25, -0.2) is 4.79 Å². The van der Waals surface area contributed by atoms with E-state index in [4.69, 9.17) is 16.3 Å². The molecule has 0 fully saturated rings. The zero-order valence-electron chi connectivity index (χ0n) is 14.7. The molecule has 0 saturated carbocycles.